The number of aryl methyl sites for hydroxylation is 1. The molecule has 0 bridgehead atoms. The number of benzene rings is 1. The van der Waals surface area contributed by atoms with Crippen molar-refractivity contribution in [3.63, 3.8) is 0 Å². The van der Waals surface area contributed by atoms with Crippen molar-refractivity contribution in [2.75, 3.05) is 19.8 Å². The number of hydrogen-bond acceptors (Lipinski definition) is 5. The fraction of sp³-hybridized carbons (Fsp3) is 0.333. The van der Waals surface area contributed by atoms with Gasteiger partial charge in [-0.3, -0.25) is 0 Å². The molecule has 7 heteroatoms. The van der Waals surface area contributed by atoms with Crippen molar-refractivity contribution >= 4 is 21.4 Å². The minimum absolute atomic E-state index is 0.111. The van der Waals surface area contributed by atoms with Gasteiger partial charge in [-0.15, -0.1) is 11.3 Å². The van der Waals surface area contributed by atoms with Crippen molar-refractivity contribution in [2.45, 2.75) is 17.2 Å². The lowest BCUT2D eigenvalue weighted by Gasteiger charge is -2.18. The van der Waals surface area contributed by atoms with Crippen molar-refractivity contribution in [3.8, 4) is 0 Å². The largest absolute Gasteiger partial charge is 0.394 e. The average Bonchev–Trinajstić information content (AvgIpc) is 3.04. The van der Waals surface area contributed by atoms with Crippen LogP contribution in [0.15, 0.2) is 46.0 Å². The summed E-state index contributed by atoms with van der Waals surface area (Å²) in [5.74, 6) is 0. The van der Waals surface area contributed by atoms with Crippen molar-refractivity contribution < 1.29 is 18.3 Å². The van der Waals surface area contributed by atoms with Crippen LogP contribution < -0.4 is 4.72 Å². The lowest BCUT2D eigenvalue weighted by Crippen LogP contribution is -2.29. The van der Waals surface area contributed by atoms with E-state index in [2.05, 4.69) is 4.72 Å². The third kappa shape index (κ3) is 4.62. The maximum absolute atomic E-state index is 12.2. The predicted molar refractivity (Wildman–Crippen MR) is 86.5 cm³/mol. The third-order valence-corrected chi connectivity index (χ3v) is 5.90. The zero-order chi connectivity index (χ0) is 16.0. The summed E-state index contributed by atoms with van der Waals surface area (Å²) < 4.78 is 32.7. The summed E-state index contributed by atoms with van der Waals surface area (Å²) in [6, 6.07) is 10.9. The van der Waals surface area contributed by atoms with Gasteiger partial charge in [-0.05, 0) is 23.9 Å². The Morgan fingerprint density at radius 2 is 2.00 bits per heavy atom. The first kappa shape index (κ1) is 17.1. The van der Waals surface area contributed by atoms with Crippen LogP contribution in [0.1, 0.15) is 17.2 Å². The summed E-state index contributed by atoms with van der Waals surface area (Å²) >= 11 is 1.17. The fourth-order valence-corrected chi connectivity index (χ4v) is 3.99. The normalized spacial score (nSPS) is 13.2. The molecular weight excluding hydrogens is 322 g/mol. The Balaban J connectivity index is 2.08. The monoisotopic (exact) mass is 341 g/mol. The highest BCUT2D eigenvalue weighted by Gasteiger charge is 2.19. The first-order valence-corrected chi connectivity index (χ1v) is 9.21. The van der Waals surface area contributed by atoms with Crippen molar-refractivity contribution in [1.82, 2.24) is 4.72 Å². The van der Waals surface area contributed by atoms with Gasteiger partial charge in [0, 0.05) is 6.54 Å². The van der Waals surface area contributed by atoms with Gasteiger partial charge in [-0.2, -0.15) is 0 Å². The van der Waals surface area contributed by atoms with E-state index in [0.29, 0.717) is 0 Å². The molecule has 2 N–H and O–H groups in total. The van der Waals surface area contributed by atoms with Crippen molar-refractivity contribution in [1.29, 1.82) is 0 Å². The fourth-order valence-electron chi connectivity index (χ4n) is 1.92. The highest BCUT2D eigenvalue weighted by atomic mass is 32.2. The molecule has 1 atom stereocenters. The minimum Gasteiger partial charge on any atom is -0.394 e. The van der Waals surface area contributed by atoms with Gasteiger partial charge in [0.1, 0.15) is 4.21 Å². The quantitative estimate of drug-likeness (QED) is 0.771. The Kier molecular flexibility index (Phi) is 6.10. The van der Waals surface area contributed by atoms with Gasteiger partial charge >= 0.3 is 0 Å². The summed E-state index contributed by atoms with van der Waals surface area (Å²) in [7, 11) is -3.53. The number of aliphatic hydroxyl groups is 1. The van der Waals surface area contributed by atoms with Crippen molar-refractivity contribution in [3.05, 3.63) is 52.9 Å². The molecule has 22 heavy (non-hydrogen) atoms. The first-order chi connectivity index (χ1) is 10.5. The number of nitrogens with one attached hydrogen (secondary N) is 1. The summed E-state index contributed by atoms with van der Waals surface area (Å²) in [6.45, 7) is 2.13. The van der Waals surface area contributed by atoms with Gasteiger partial charge in [0.15, 0.2) is 0 Å². The first-order valence-electron chi connectivity index (χ1n) is 6.85. The highest BCUT2D eigenvalue weighted by Crippen LogP contribution is 2.20. The molecule has 0 spiro atoms. The van der Waals surface area contributed by atoms with E-state index in [4.69, 9.17) is 9.84 Å². The molecule has 0 aliphatic carbocycles. The summed E-state index contributed by atoms with van der Waals surface area (Å²) in [6.07, 6.45) is -0.442. The smallest absolute Gasteiger partial charge is 0.250 e. The van der Waals surface area contributed by atoms with Crippen LogP contribution in [0, 0.1) is 6.92 Å². The second-order valence-electron chi connectivity index (χ2n) is 4.78. The lowest BCUT2D eigenvalue weighted by molar-refractivity contribution is 0.0309. The van der Waals surface area contributed by atoms with Crippen LogP contribution in [0.4, 0.5) is 0 Å². The molecule has 0 aliphatic rings. The topological polar surface area (TPSA) is 75.6 Å². The van der Waals surface area contributed by atoms with E-state index in [1.54, 1.807) is 17.5 Å². The average molecular weight is 341 g/mol. The molecule has 1 heterocycles. The lowest BCUT2D eigenvalue weighted by atomic mass is 10.1. The van der Waals surface area contributed by atoms with E-state index in [1.807, 2.05) is 31.2 Å². The number of sulfonamides is 1. The maximum Gasteiger partial charge on any atom is 0.250 e. The second-order valence-corrected chi connectivity index (χ2v) is 7.72. The molecule has 2 aromatic rings. The number of rotatable bonds is 8. The standard InChI is InChI=1S/C15H19NO4S2/c1-12-4-6-13(7-5-12)14(20-9-8-17)11-16-22(18,19)15-3-2-10-21-15/h2-7,10,14,16-17H,8-9,11H2,1H3. The number of aliphatic hydroxyl groups excluding tert-OH is 1. The molecule has 1 aromatic carbocycles. The maximum atomic E-state index is 12.2. The zero-order valence-corrected chi connectivity index (χ0v) is 13.9. The van der Waals surface area contributed by atoms with Crippen LogP contribution in [0.25, 0.3) is 0 Å². The van der Waals surface area contributed by atoms with Gasteiger partial charge in [0.05, 0.1) is 19.3 Å². The van der Waals surface area contributed by atoms with E-state index >= 15 is 0 Å². The van der Waals surface area contributed by atoms with Crippen LogP contribution in [-0.2, 0) is 14.8 Å². The summed E-state index contributed by atoms with van der Waals surface area (Å²) in [5, 5.41) is 10.6. The van der Waals surface area contributed by atoms with E-state index in [-0.39, 0.29) is 24.0 Å². The molecule has 0 aliphatic heterocycles. The molecule has 0 saturated heterocycles. The molecule has 0 fully saturated rings. The van der Waals surface area contributed by atoms with E-state index in [1.165, 1.54) is 11.3 Å². The Morgan fingerprint density at radius 1 is 1.27 bits per heavy atom. The van der Waals surface area contributed by atoms with E-state index < -0.39 is 16.1 Å². The van der Waals surface area contributed by atoms with Crippen LogP contribution in [0.5, 0.6) is 0 Å². The number of ether oxygens (including phenoxy) is 1. The SMILES string of the molecule is Cc1ccc(C(CNS(=O)(=O)c2cccs2)OCCO)cc1. The van der Waals surface area contributed by atoms with Crippen molar-refractivity contribution in [2.24, 2.45) is 0 Å². The minimum atomic E-state index is -3.53. The Labute approximate surface area is 134 Å². The molecule has 0 saturated carbocycles. The molecule has 0 amide bonds. The Morgan fingerprint density at radius 3 is 2.59 bits per heavy atom. The van der Waals surface area contributed by atoms with E-state index in [9.17, 15) is 8.42 Å². The molecule has 0 radical (unpaired) electrons. The predicted octanol–water partition coefficient (Wildman–Crippen LogP) is 2.09. The molecule has 2 rings (SSSR count). The van der Waals surface area contributed by atoms with Crippen LogP contribution in [0.2, 0.25) is 0 Å². The van der Waals surface area contributed by atoms with Gasteiger partial charge < -0.3 is 9.84 Å². The van der Waals surface area contributed by atoms with Gasteiger partial charge in [-0.1, -0.05) is 35.9 Å². The third-order valence-electron chi connectivity index (χ3n) is 3.08. The van der Waals surface area contributed by atoms with Gasteiger partial charge in [0.2, 0.25) is 10.0 Å². The zero-order valence-electron chi connectivity index (χ0n) is 12.2. The molecule has 1 aromatic heterocycles. The molecule has 5 nitrogen and oxygen atoms in total. The summed E-state index contributed by atoms with van der Waals surface area (Å²) in [4.78, 5) is 0. The Bertz CT molecular complexity index is 666. The van der Waals surface area contributed by atoms with Crippen LogP contribution in [0.3, 0.4) is 0 Å². The molecule has 120 valence electrons. The molecular formula is C15H19NO4S2. The highest BCUT2D eigenvalue weighted by molar-refractivity contribution is 7.91. The second kappa shape index (κ2) is 7.85. The summed E-state index contributed by atoms with van der Waals surface area (Å²) in [5.41, 5.74) is 1.98. The van der Waals surface area contributed by atoms with Gasteiger partial charge in [0.25, 0.3) is 0 Å². The molecule has 1 unspecified atom stereocenters. The van der Waals surface area contributed by atoms with Crippen LogP contribution >= 0.6 is 11.3 Å². The van der Waals surface area contributed by atoms with E-state index in [0.717, 1.165) is 11.1 Å². The number of thiophene rings is 1. The number of hydrogen-bond donors (Lipinski definition) is 2. The van der Waals surface area contributed by atoms with Gasteiger partial charge in [-0.25, -0.2) is 13.1 Å². The Hall–Kier alpha value is -1.25. The van der Waals surface area contributed by atoms with Crippen LogP contribution in [-0.4, -0.2) is 33.3 Å².